The van der Waals surface area contributed by atoms with Crippen molar-refractivity contribution < 1.29 is 4.74 Å². The Morgan fingerprint density at radius 1 is 1.44 bits per heavy atom. The zero-order valence-corrected chi connectivity index (χ0v) is 10.6. The molecule has 0 aliphatic rings. The Hall–Kier alpha value is -0.870. The molecule has 0 spiro atoms. The summed E-state index contributed by atoms with van der Waals surface area (Å²) in [5, 5.41) is 3.14. The van der Waals surface area contributed by atoms with Crippen LogP contribution in [0.2, 0.25) is 0 Å². The van der Waals surface area contributed by atoms with Gasteiger partial charge in [0.1, 0.15) is 0 Å². The Morgan fingerprint density at radius 2 is 2.25 bits per heavy atom. The molecule has 4 heteroatoms. The molecule has 0 radical (unpaired) electrons. The maximum Gasteiger partial charge on any atom is 0.0948 e. The molecule has 1 aromatic heterocycles. The number of unbranched alkanes of at least 4 members (excludes halogenated alkanes) is 1. The van der Waals surface area contributed by atoms with Gasteiger partial charge in [-0.1, -0.05) is 0 Å². The first-order valence-electron chi connectivity index (χ1n) is 5.99. The average molecular weight is 225 g/mol. The number of nitrogens with one attached hydrogen (secondary N) is 1. The molecule has 92 valence electrons. The van der Waals surface area contributed by atoms with Crippen LogP contribution in [-0.4, -0.2) is 29.3 Å². The second kappa shape index (κ2) is 7.41. The molecule has 0 aromatic carbocycles. The molecule has 4 nitrogen and oxygen atoms in total. The lowest BCUT2D eigenvalue weighted by Crippen LogP contribution is -2.11. The van der Waals surface area contributed by atoms with Gasteiger partial charge in [0.2, 0.25) is 0 Å². The summed E-state index contributed by atoms with van der Waals surface area (Å²) < 4.78 is 7.70. The fourth-order valence-corrected chi connectivity index (χ4v) is 1.58. The van der Waals surface area contributed by atoms with E-state index >= 15 is 0 Å². The Morgan fingerprint density at radius 3 is 2.94 bits per heavy atom. The summed E-state index contributed by atoms with van der Waals surface area (Å²) in [6, 6.07) is 0. The van der Waals surface area contributed by atoms with Gasteiger partial charge in [-0.15, -0.1) is 0 Å². The van der Waals surface area contributed by atoms with Crippen molar-refractivity contribution in [3.63, 3.8) is 0 Å². The zero-order chi connectivity index (χ0) is 11.8. The van der Waals surface area contributed by atoms with Crippen molar-refractivity contribution in [1.82, 2.24) is 14.9 Å². The first kappa shape index (κ1) is 13.2. The number of imidazole rings is 1. The van der Waals surface area contributed by atoms with Gasteiger partial charge in [0.15, 0.2) is 0 Å². The number of ether oxygens (including phenoxy) is 1. The summed E-state index contributed by atoms with van der Waals surface area (Å²) in [6.45, 7) is 6.90. The highest BCUT2D eigenvalue weighted by molar-refractivity contribution is 4.97. The SMILES string of the molecule is CNCc1cncn1CCCCOC(C)C. The third-order valence-electron chi connectivity index (χ3n) is 2.40. The number of nitrogens with zero attached hydrogens (tertiary/aromatic N) is 2. The third kappa shape index (κ3) is 4.77. The molecule has 1 N–H and O–H groups in total. The summed E-state index contributed by atoms with van der Waals surface area (Å²) in [7, 11) is 1.95. The summed E-state index contributed by atoms with van der Waals surface area (Å²) >= 11 is 0. The molecule has 0 fully saturated rings. The van der Waals surface area contributed by atoms with Crippen molar-refractivity contribution in [3.05, 3.63) is 18.2 Å². The number of aromatic nitrogens is 2. The summed E-state index contributed by atoms with van der Waals surface area (Å²) in [5.41, 5.74) is 1.24. The van der Waals surface area contributed by atoms with Crippen LogP contribution >= 0.6 is 0 Å². The summed E-state index contributed by atoms with van der Waals surface area (Å²) in [5.74, 6) is 0. The highest BCUT2D eigenvalue weighted by Gasteiger charge is 2.00. The molecule has 0 aliphatic carbocycles. The molecular weight excluding hydrogens is 202 g/mol. The van der Waals surface area contributed by atoms with Crippen LogP contribution in [0.4, 0.5) is 0 Å². The van der Waals surface area contributed by atoms with Gasteiger partial charge in [0.05, 0.1) is 18.1 Å². The first-order chi connectivity index (χ1) is 7.74. The van der Waals surface area contributed by atoms with Crippen molar-refractivity contribution in [1.29, 1.82) is 0 Å². The quantitative estimate of drug-likeness (QED) is 0.686. The minimum Gasteiger partial charge on any atom is -0.379 e. The van der Waals surface area contributed by atoms with E-state index in [0.29, 0.717) is 6.10 Å². The Kier molecular flexibility index (Phi) is 6.11. The standard InChI is InChI=1S/C12H23N3O/c1-11(2)16-7-5-4-6-15-10-14-9-12(15)8-13-3/h9-11,13H,4-8H2,1-3H3. The minimum absolute atomic E-state index is 0.341. The molecule has 16 heavy (non-hydrogen) atoms. The topological polar surface area (TPSA) is 39.1 Å². The van der Waals surface area contributed by atoms with Gasteiger partial charge in [0.25, 0.3) is 0 Å². The highest BCUT2D eigenvalue weighted by atomic mass is 16.5. The predicted molar refractivity (Wildman–Crippen MR) is 65.3 cm³/mol. The maximum atomic E-state index is 5.50. The van der Waals surface area contributed by atoms with E-state index in [2.05, 4.69) is 28.7 Å². The summed E-state index contributed by atoms with van der Waals surface area (Å²) in [6.07, 6.45) is 6.40. The van der Waals surface area contributed by atoms with Crippen LogP contribution < -0.4 is 5.32 Å². The van der Waals surface area contributed by atoms with E-state index in [0.717, 1.165) is 32.5 Å². The van der Waals surface area contributed by atoms with Crippen molar-refractivity contribution in [3.8, 4) is 0 Å². The molecule has 0 amide bonds. The Bertz CT molecular complexity index is 284. The van der Waals surface area contributed by atoms with E-state index in [1.165, 1.54) is 5.69 Å². The third-order valence-corrected chi connectivity index (χ3v) is 2.40. The van der Waals surface area contributed by atoms with Crippen molar-refractivity contribution in [2.45, 2.75) is 45.9 Å². The molecule has 0 atom stereocenters. The van der Waals surface area contributed by atoms with Crippen molar-refractivity contribution in [2.24, 2.45) is 0 Å². The van der Waals surface area contributed by atoms with Gasteiger partial charge in [-0.25, -0.2) is 4.98 Å². The molecule has 0 bridgehead atoms. The van der Waals surface area contributed by atoms with Crippen LogP contribution in [0.1, 0.15) is 32.4 Å². The zero-order valence-electron chi connectivity index (χ0n) is 10.6. The second-order valence-corrected chi connectivity index (χ2v) is 4.24. The molecular formula is C12H23N3O. The van der Waals surface area contributed by atoms with E-state index in [4.69, 9.17) is 4.74 Å². The fourth-order valence-electron chi connectivity index (χ4n) is 1.58. The van der Waals surface area contributed by atoms with E-state index in [-0.39, 0.29) is 0 Å². The molecule has 0 saturated carbocycles. The van der Waals surface area contributed by atoms with Crippen LogP contribution in [0.5, 0.6) is 0 Å². The summed E-state index contributed by atoms with van der Waals surface area (Å²) in [4.78, 5) is 4.16. The van der Waals surface area contributed by atoms with Crippen LogP contribution in [0, 0.1) is 0 Å². The fraction of sp³-hybridized carbons (Fsp3) is 0.750. The van der Waals surface area contributed by atoms with Crippen LogP contribution in [0.3, 0.4) is 0 Å². The second-order valence-electron chi connectivity index (χ2n) is 4.24. The minimum atomic E-state index is 0.341. The first-order valence-corrected chi connectivity index (χ1v) is 5.99. The van der Waals surface area contributed by atoms with Gasteiger partial charge >= 0.3 is 0 Å². The molecule has 0 saturated heterocycles. The van der Waals surface area contributed by atoms with E-state index < -0.39 is 0 Å². The Balaban J connectivity index is 2.18. The number of rotatable bonds is 8. The molecule has 1 rings (SSSR count). The van der Waals surface area contributed by atoms with Crippen LogP contribution in [0.15, 0.2) is 12.5 Å². The van der Waals surface area contributed by atoms with Crippen LogP contribution in [0.25, 0.3) is 0 Å². The van der Waals surface area contributed by atoms with Crippen molar-refractivity contribution >= 4 is 0 Å². The lowest BCUT2D eigenvalue weighted by Gasteiger charge is -2.09. The monoisotopic (exact) mass is 225 g/mol. The van der Waals surface area contributed by atoms with Gasteiger partial charge < -0.3 is 14.6 Å². The Labute approximate surface area is 98.0 Å². The predicted octanol–water partition coefficient (Wildman–Crippen LogP) is 1.81. The normalized spacial score (nSPS) is 11.2. The van der Waals surface area contributed by atoms with Gasteiger partial charge in [-0.3, -0.25) is 0 Å². The smallest absolute Gasteiger partial charge is 0.0948 e. The van der Waals surface area contributed by atoms with Gasteiger partial charge in [0, 0.05) is 25.9 Å². The van der Waals surface area contributed by atoms with E-state index in [1.54, 1.807) is 0 Å². The molecule has 1 aromatic rings. The van der Waals surface area contributed by atoms with E-state index in [9.17, 15) is 0 Å². The maximum absolute atomic E-state index is 5.50. The largest absolute Gasteiger partial charge is 0.379 e. The molecule has 0 aliphatic heterocycles. The van der Waals surface area contributed by atoms with E-state index in [1.807, 2.05) is 19.6 Å². The van der Waals surface area contributed by atoms with Gasteiger partial charge in [-0.2, -0.15) is 0 Å². The number of aryl methyl sites for hydroxylation is 1. The highest BCUT2D eigenvalue weighted by Crippen LogP contribution is 2.03. The lowest BCUT2D eigenvalue weighted by molar-refractivity contribution is 0.0754. The number of hydrogen-bond acceptors (Lipinski definition) is 3. The number of hydrogen-bond donors (Lipinski definition) is 1. The van der Waals surface area contributed by atoms with Gasteiger partial charge in [-0.05, 0) is 33.7 Å². The van der Waals surface area contributed by atoms with Crippen molar-refractivity contribution in [2.75, 3.05) is 13.7 Å². The lowest BCUT2D eigenvalue weighted by atomic mass is 10.3. The molecule has 1 heterocycles. The average Bonchev–Trinajstić information content (AvgIpc) is 2.65. The molecule has 0 unspecified atom stereocenters. The van der Waals surface area contributed by atoms with Crippen LogP contribution in [-0.2, 0) is 17.8 Å².